The summed E-state index contributed by atoms with van der Waals surface area (Å²) in [5.74, 6) is 0. The molecule has 1 rings (SSSR count). The monoisotopic (exact) mass is 177 g/mol. The number of halogens is 1. The number of hydrogen-bond donors (Lipinski definition) is 0. The predicted molar refractivity (Wildman–Crippen MR) is 42.9 cm³/mol. The second kappa shape index (κ2) is 3.93. The van der Waals surface area contributed by atoms with Crippen LogP contribution in [0.2, 0.25) is 0 Å². The van der Waals surface area contributed by atoms with Gasteiger partial charge in [-0.3, -0.25) is 4.90 Å². The Balaban J connectivity index is 2.04. The molecule has 0 atom stereocenters. The van der Waals surface area contributed by atoms with Crippen molar-refractivity contribution in [3.8, 4) is 0 Å². The number of rotatable bonds is 3. The van der Waals surface area contributed by atoms with E-state index in [1.54, 1.807) is 0 Å². The van der Waals surface area contributed by atoms with E-state index in [9.17, 15) is 4.79 Å². The second-order valence-corrected chi connectivity index (χ2v) is 3.05. The fraction of sp³-hybridized carbons (Fsp3) is 0.857. The molecule has 1 heterocycles. The Hall–Kier alpha value is -0.280. The third kappa shape index (κ3) is 2.67. The SMILES string of the molecule is CCCN1CC(OC(=O)Cl)C1. The molecule has 3 nitrogen and oxygen atoms in total. The Morgan fingerprint density at radius 2 is 2.36 bits per heavy atom. The van der Waals surface area contributed by atoms with Gasteiger partial charge < -0.3 is 4.74 Å². The number of carbonyl (C=O) groups excluding carboxylic acids is 1. The highest BCUT2D eigenvalue weighted by Gasteiger charge is 2.28. The highest BCUT2D eigenvalue weighted by molar-refractivity contribution is 6.61. The Bertz CT molecular complexity index is 145. The van der Waals surface area contributed by atoms with Crippen LogP contribution < -0.4 is 0 Å². The summed E-state index contributed by atoms with van der Waals surface area (Å²) < 4.78 is 4.75. The third-order valence-electron chi connectivity index (χ3n) is 1.72. The molecule has 0 aromatic heterocycles. The lowest BCUT2D eigenvalue weighted by Crippen LogP contribution is -2.52. The molecule has 64 valence electrons. The van der Waals surface area contributed by atoms with Gasteiger partial charge in [-0.15, -0.1) is 0 Å². The van der Waals surface area contributed by atoms with Crippen molar-refractivity contribution in [3.05, 3.63) is 0 Å². The molecule has 0 bridgehead atoms. The lowest BCUT2D eigenvalue weighted by atomic mass is 10.1. The lowest BCUT2D eigenvalue weighted by Gasteiger charge is -2.37. The standard InChI is InChI=1S/C7H12ClNO2/c1-2-3-9-4-6(5-9)11-7(8)10/h6H,2-5H2,1H3. The zero-order valence-electron chi connectivity index (χ0n) is 6.55. The smallest absolute Gasteiger partial charge is 0.404 e. The minimum atomic E-state index is -0.689. The van der Waals surface area contributed by atoms with E-state index in [4.69, 9.17) is 16.3 Å². The summed E-state index contributed by atoms with van der Waals surface area (Å²) in [6, 6.07) is 0. The fourth-order valence-electron chi connectivity index (χ4n) is 1.23. The van der Waals surface area contributed by atoms with E-state index in [0.717, 1.165) is 26.1 Å². The number of nitrogens with zero attached hydrogens (tertiary/aromatic N) is 1. The van der Waals surface area contributed by atoms with Crippen LogP contribution in [0.15, 0.2) is 0 Å². The molecule has 0 unspecified atom stereocenters. The van der Waals surface area contributed by atoms with Crippen LogP contribution in [0.3, 0.4) is 0 Å². The second-order valence-electron chi connectivity index (χ2n) is 2.74. The molecule has 0 N–H and O–H groups in total. The van der Waals surface area contributed by atoms with Crippen molar-refractivity contribution >= 4 is 17.0 Å². The molecular formula is C7H12ClNO2. The van der Waals surface area contributed by atoms with Crippen molar-refractivity contribution in [2.45, 2.75) is 19.4 Å². The highest BCUT2D eigenvalue weighted by atomic mass is 35.5. The maximum absolute atomic E-state index is 10.2. The van der Waals surface area contributed by atoms with Crippen LogP contribution in [0, 0.1) is 0 Å². The van der Waals surface area contributed by atoms with Gasteiger partial charge >= 0.3 is 5.43 Å². The van der Waals surface area contributed by atoms with Crippen molar-refractivity contribution in [1.29, 1.82) is 0 Å². The van der Waals surface area contributed by atoms with Crippen molar-refractivity contribution in [2.24, 2.45) is 0 Å². The Kier molecular flexibility index (Phi) is 3.15. The van der Waals surface area contributed by atoms with Gasteiger partial charge in [0, 0.05) is 24.7 Å². The molecule has 0 aliphatic carbocycles. The molecule has 0 saturated carbocycles. The predicted octanol–water partition coefficient (Wildman–Crippen LogP) is 1.46. The van der Waals surface area contributed by atoms with E-state index < -0.39 is 5.43 Å². The summed E-state index contributed by atoms with van der Waals surface area (Å²) in [5, 5.41) is 0. The minimum absolute atomic E-state index is 0.0338. The van der Waals surface area contributed by atoms with Crippen LogP contribution in [-0.4, -0.2) is 36.1 Å². The van der Waals surface area contributed by atoms with Crippen molar-refractivity contribution in [2.75, 3.05) is 19.6 Å². The van der Waals surface area contributed by atoms with Gasteiger partial charge in [-0.25, -0.2) is 4.79 Å². The molecule has 0 aromatic rings. The molecule has 1 fully saturated rings. The first kappa shape index (κ1) is 8.81. The van der Waals surface area contributed by atoms with E-state index >= 15 is 0 Å². The van der Waals surface area contributed by atoms with Crippen LogP contribution in [0.25, 0.3) is 0 Å². The molecule has 1 saturated heterocycles. The summed E-state index contributed by atoms with van der Waals surface area (Å²) >= 11 is 5.03. The summed E-state index contributed by atoms with van der Waals surface area (Å²) in [6.45, 7) is 4.88. The molecular weight excluding hydrogens is 166 g/mol. The Morgan fingerprint density at radius 3 is 2.82 bits per heavy atom. The molecule has 0 aromatic carbocycles. The average molecular weight is 178 g/mol. The van der Waals surface area contributed by atoms with Crippen LogP contribution in [0.1, 0.15) is 13.3 Å². The quantitative estimate of drug-likeness (QED) is 0.612. The molecule has 0 amide bonds. The lowest BCUT2D eigenvalue weighted by molar-refractivity contribution is -0.00292. The Morgan fingerprint density at radius 1 is 1.73 bits per heavy atom. The number of carbonyl (C=O) groups is 1. The van der Waals surface area contributed by atoms with E-state index in [1.165, 1.54) is 0 Å². The fourth-order valence-corrected chi connectivity index (χ4v) is 1.35. The van der Waals surface area contributed by atoms with Crippen molar-refractivity contribution in [3.63, 3.8) is 0 Å². The molecule has 11 heavy (non-hydrogen) atoms. The first-order valence-corrected chi connectivity index (χ1v) is 4.18. The van der Waals surface area contributed by atoms with E-state index in [1.807, 2.05) is 0 Å². The maximum atomic E-state index is 10.2. The average Bonchev–Trinajstić information content (AvgIpc) is 1.82. The first-order valence-electron chi connectivity index (χ1n) is 3.81. The zero-order chi connectivity index (χ0) is 8.27. The number of ether oxygens (including phenoxy) is 1. The maximum Gasteiger partial charge on any atom is 0.404 e. The van der Waals surface area contributed by atoms with Gasteiger partial charge in [0.25, 0.3) is 0 Å². The minimum Gasteiger partial charge on any atom is -0.448 e. The van der Waals surface area contributed by atoms with Crippen LogP contribution in [-0.2, 0) is 4.74 Å². The van der Waals surface area contributed by atoms with Gasteiger partial charge in [-0.05, 0) is 13.0 Å². The number of likely N-dealkylation sites (tertiary alicyclic amines) is 1. The zero-order valence-corrected chi connectivity index (χ0v) is 7.30. The summed E-state index contributed by atoms with van der Waals surface area (Å²) in [4.78, 5) is 12.5. The molecule has 0 radical (unpaired) electrons. The third-order valence-corrected chi connectivity index (χ3v) is 1.81. The van der Waals surface area contributed by atoms with E-state index in [2.05, 4.69) is 11.8 Å². The van der Waals surface area contributed by atoms with Crippen LogP contribution >= 0.6 is 11.6 Å². The Labute approximate surface area is 71.3 Å². The highest BCUT2D eigenvalue weighted by Crippen LogP contribution is 2.12. The topological polar surface area (TPSA) is 29.5 Å². The van der Waals surface area contributed by atoms with Gasteiger partial charge in [-0.2, -0.15) is 0 Å². The number of hydrogen-bond acceptors (Lipinski definition) is 3. The molecule has 1 aliphatic heterocycles. The van der Waals surface area contributed by atoms with Gasteiger partial charge in [0.1, 0.15) is 6.10 Å². The van der Waals surface area contributed by atoms with E-state index in [-0.39, 0.29) is 6.10 Å². The van der Waals surface area contributed by atoms with Crippen LogP contribution in [0.4, 0.5) is 4.79 Å². The van der Waals surface area contributed by atoms with Gasteiger partial charge in [0.2, 0.25) is 0 Å². The first-order chi connectivity index (χ1) is 5.22. The molecule has 0 spiro atoms. The summed E-state index contributed by atoms with van der Waals surface area (Å²) in [7, 11) is 0. The largest absolute Gasteiger partial charge is 0.448 e. The van der Waals surface area contributed by atoms with Crippen molar-refractivity contribution < 1.29 is 9.53 Å². The van der Waals surface area contributed by atoms with Gasteiger partial charge in [0.15, 0.2) is 0 Å². The summed E-state index contributed by atoms with van der Waals surface area (Å²) in [5.41, 5.74) is -0.689. The van der Waals surface area contributed by atoms with E-state index in [0.29, 0.717) is 0 Å². The summed E-state index contributed by atoms with van der Waals surface area (Å²) in [6.07, 6.45) is 1.17. The molecule has 1 aliphatic rings. The van der Waals surface area contributed by atoms with Crippen LogP contribution in [0.5, 0.6) is 0 Å². The molecule has 4 heteroatoms. The normalized spacial score (nSPS) is 19.5. The van der Waals surface area contributed by atoms with Crippen molar-refractivity contribution in [1.82, 2.24) is 4.90 Å². The van der Waals surface area contributed by atoms with Gasteiger partial charge in [-0.1, -0.05) is 6.92 Å². The van der Waals surface area contributed by atoms with Gasteiger partial charge in [0.05, 0.1) is 0 Å².